The van der Waals surface area contributed by atoms with Crippen LogP contribution >= 0.6 is 0 Å². The molecule has 0 aliphatic rings. The molecule has 0 fully saturated rings. The number of hydrogen-bond acceptors (Lipinski definition) is 1. The summed E-state index contributed by atoms with van der Waals surface area (Å²) in [4.78, 5) is 2.12. The summed E-state index contributed by atoms with van der Waals surface area (Å²) in [5.41, 5.74) is 0.985. The van der Waals surface area contributed by atoms with E-state index in [1.165, 1.54) is 0 Å². The summed E-state index contributed by atoms with van der Waals surface area (Å²) in [5, 5.41) is 9.93. The second kappa shape index (κ2) is 3.93. The summed E-state index contributed by atoms with van der Waals surface area (Å²) in [5.74, 6) is 0. The molecule has 1 atom stereocenters. The molecule has 1 heterocycles. The molecule has 1 unspecified atom stereocenters. The van der Waals surface area contributed by atoms with Crippen molar-refractivity contribution < 1.29 is 5.11 Å². The minimum absolute atomic E-state index is 0.343. The van der Waals surface area contributed by atoms with Crippen LogP contribution in [0.4, 0.5) is 0 Å². The summed E-state index contributed by atoms with van der Waals surface area (Å²) in [6.45, 7) is 0. The van der Waals surface area contributed by atoms with E-state index in [0.717, 1.165) is 10.0 Å². The van der Waals surface area contributed by atoms with E-state index in [-0.39, 0.29) is 0 Å². The molecular formula is C11H10OSe. The first kappa shape index (κ1) is 8.76. The van der Waals surface area contributed by atoms with Gasteiger partial charge in [0.15, 0.2) is 0 Å². The molecule has 0 spiro atoms. The third-order valence-corrected chi connectivity index (χ3v) is 3.87. The fourth-order valence-corrected chi connectivity index (χ4v) is 2.79. The third kappa shape index (κ3) is 1.91. The molecule has 1 nitrogen and oxygen atoms in total. The van der Waals surface area contributed by atoms with E-state index in [9.17, 15) is 5.11 Å². The summed E-state index contributed by atoms with van der Waals surface area (Å²) < 4.78 is 1.14. The average molecular weight is 237 g/mol. The van der Waals surface area contributed by atoms with Gasteiger partial charge in [-0.2, -0.15) is 0 Å². The van der Waals surface area contributed by atoms with Crippen molar-refractivity contribution in [3.8, 4) is 0 Å². The van der Waals surface area contributed by atoms with Crippen LogP contribution < -0.4 is 0 Å². The molecular weight excluding hydrogens is 227 g/mol. The fraction of sp³-hybridized carbons (Fsp3) is 0.0909. The standard InChI is InChI=1S/C11H10OSe/c12-11(10-7-4-8-13-10)9-5-2-1-3-6-9/h1-8,11-12H. The van der Waals surface area contributed by atoms with Gasteiger partial charge in [-0.15, -0.1) is 0 Å². The Kier molecular flexibility index (Phi) is 2.65. The average Bonchev–Trinajstić information content (AvgIpc) is 2.71. The van der Waals surface area contributed by atoms with Gasteiger partial charge in [-0.1, -0.05) is 0 Å². The maximum absolute atomic E-state index is 9.93. The Bertz CT molecular complexity index is 353. The van der Waals surface area contributed by atoms with Gasteiger partial charge in [0, 0.05) is 0 Å². The molecule has 0 radical (unpaired) electrons. The molecule has 0 saturated heterocycles. The molecule has 66 valence electrons. The van der Waals surface area contributed by atoms with Crippen LogP contribution in [0.2, 0.25) is 0 Å². The molecule has 1 aromatic heterocycles. The topological polar surface area (TPSA) is 20.2 Å². The first-order valence-electron chi connectivity index (χ1n) is 4.14. The molecule has 13 heavy (non-hydrogen) atoms. The van der Waals surface area contributed by atoms with Crippen molar-refractivity contribution in [2.75, 3.05) is 0 Å². The van der Waals surface area contributed by atoms with Crippen molar-refractivity contribution in [2.24, 2.45) is 0 Å². The van der Waals surface area contributed by atoms with E-state index >= 15 is 0 Å². The van der Waals surface area contributed by atoms with Crippen molar-refractivity contribution in [2.45, 2.75) is 6.10 Å². The Labute approximate surface area is 83.4 Å². The Hall–Kier alpha value is -0.821. The van der Waals surface area contributed by atoms with Crippen molar-refractivity contribution in [1.29, 1.82) is 0 Å². The van der Waals surface area contributed by atoms with Gasteiger partial charge >= 0.3 is 83.1 Å². The molecule has 2 aromatic rings. The van der Waals surface area contributed by atoms with Crippen molar-refractivity contribution in [3.63, 3.8) is 0 Å². The van der Waals surface area contributed by atoms with Crippen LogP contribution in [0.15, 0.2) is 47.4 Å². The monoisotopic (exact) mass is 238 g/mol. The van der Waals surface area contributed by atoms with E-state index in [0.29, 0.717) is 14.5 Å². The van der Waals surface area contributed by atoms with Gasteiger partial charge in [0.2, 0.25) is 0 Å². The number of hydrogen-bond donors (Lipinski definition) is 1. The predicted octanol–water partition coefficient (Wildman–Crippen LogP) is 1.83. The normalized spacial score (nSPS) is 12.7. The van der Waals surface area contributed by atoms with Gasteiger partial charge in [0.1, 0.15) is 0 Å². The number of aliphatic hydroxyl groups is 1. The Morgan fingerprint density at radius 3 is 2.38 bits per heavy atom. The van der Waals surface area contributed by atoms with Gasteiger partial charge < -0.3 is 0 Å². The number of rotatable bonds is 2. The second-order valence-corrected chi connectivity index (χ2v) is 4.88. The Morgan fingerprint density at radius 1 is 1.00 bits per heavy atom. The molecule has 1 aromatic carbocycles. The van der Waals surface area contributed by atoms with Crippen LogP contribution in [0.1, 0.15) is 16.1 Å². The van der Waals surface area contributed by atoms with Crippen molar-refractivity contribution in [3.05, 3.63) is 57.4 Å². The van der Waals surface area contributed by atoms with Gasteiger partial charge in [-0.3, -0.25) is 0 Å². The minimum atomic E-state index is -0.406. The summed E-state index contributed by atoms with van der Waals surface area (Å²) >= 11 is 0.343. The molecule has 2 heteroatoms. The molecule has 2 rings (SSSR count). The second-order valence-electron chi connectivity index (χ2n) is 2.83. The van der Waals surface area contributed by atoms with Crippen molar-refractivity contribution >= 4 is 14.5 Å². The van der Waals surface area contributed by atoms with Crippen LogP contribution in [-0.2, 0) is 0 Å². The van der Waals surface area contributed by atoms with E-state index < -0.39 is 6.10 Å². The van der Waals surface area contributed by atoms with Crippen LogP contribution in [0.25, 0.3) is 0 Å². The van der Waals surface area contributed by atoms with Crippen LogP contribution in [-0.4, -0.2) is 19.6 Å². The van der Waals surface area contributed by atoms with Gasteiger partial charge in [0.25, 0.3) is 0 Å². The Balaban J connectivity index is 2.29. The predicted molar refractivity (Wildman–Crippen MR) is 53.9 cm³/mol. The first-order chi connectivity index (χ1) is 6.38. The summed E-state index contributed by atoms with van der Waals surface area (Å²) in [6.07, 6.45) is -0.406. The molecule has 0 amide bonds. The van der Waals surface area contributed by atoms with Crippen LogP contribution in [0.3, 0.4) is 0 Å². The van der Waals surface area contributed by atoms with Gasteiger partial charge in [-0.25, -0.2) is 0 Å². The zero-order chi connectivity index (χ0) is 9.10. The number of aliphatic hydroxyl groups excluding tert-OH is 1. The Morgan fingerprint density at radius 2 is 1.77 bits per heavy atom. The van der Waals surface area contributed by atoms with E-state index in [4.69, 9.17) is 0 Å². The maximum atomic E-state index is 9.93. The van der Waals surface area contributed by atoms with E-state index in [2.05, 4.69) is 4.94 Å². The quantitative estimate of drug-likeness (QED) is 0.790. The molecule has 0 aliphatic carbocycles. The zero-order valence-electron chi connectivity index (χ0n) is 7.05. The summed E-state index contributed by atoms with van der Waals surface area (Å²) in [7, 11) is 0. The molecule has 0 bridgehead atoms. The first-order valence-corrected chi connectivity index (χ1v) is 5.99. The molecule has 0 aliphatic heterocycles. The summed E-state index contributed by atoms with van der Waals surface area (Å²) in [6, 6.07) is 13.8. The van der Waals surface area contributed by atoms with Crippen molar-refractivity contribution in [1.82, 2.24) is 0 Å². The third-order valence-electron chi connectivity index (χ3n) is 1.93. The van der Waals surface area contributed by atoms with E-state index in [1.807, 2.05) is 42.5 Å². The fourth-order valence-electron chi connectivity index (χ4n) is 1.25. The van der Waals surface area contributed by atoms with Crippen LogP contribution in [0, 0.1) is 0 Å². The van der Waals surface area contributed by atoms with E-state index in [1.54, 1.807) is 0 Å². The zero-order valence-corrected chi connectivity index (χ0v) is 8.76. The number of benzene rings is 1. The molecule has 1 N–H and O–H groups in total. The van der Waals surface area contributed by atoms with Crippen LogP contribution in [0.5, 0.6) is 0 Å². The van der Waals surface area contributed by atoms with Gasteiger partial charge in [0.05, 0.1) is 0 Å². The SMILES string of the molecule is OC(c1ccccc1)c1ccc[se]1. The van der Waals surface area contributed by atoms with Gasteiger partial charge in [-0.05, 0) is 0 Å². The molecule has 0 saturated carbocycles.